The molecule has 2 aliphatic rings. The van der Waals surface area contributed by atoms with Crippen molar-refractivity contribution in [3.05, 3.63) is 35.4 Å². The first kappa shape index (κ1) is 13.3. The molecule has 6 heteroatoms. The molecule has 0 atom stereocenters. The van der Waals surface area contributed by atoms with E-state index in [-0.39, 0.29) is 10.8 Å². The molecule has 0 fully saturated rings. The Labute approximate surface area is 122 Å². The van der Waals surface area contributed by atoms with Crippen molar-refractivity contribution in [2.45, 2.75) is 12.1 Å². The zero-order chi connectivity index (χ0) is 13.9. The quantitative estimate of drug-likeness (QED) is 0.693. The van der Waals surface area contributed by atoms with Crippen molar-refractivity contribution in [1.29, 1.82) is 0 Å². The highest BCUT2D eigenvalue weighted by Crippen LogP contribution is 2.12. The Balaban J connectivity index is 1.88. The van der Waals surface area contributed by atoms with E-state index in [4.69, 9.17) is 0 Å². The van der Waals surface area contributed by atoms with Crippen LogP contribution >= 0.6 is 0 Å². The van der Waals surface area contributed by atoms with Crippen molar-refractivity contribution in [3.63, 3.8) is 0 Å². The maximum Gasteiger partial charge on any atom is 0.151 e. The van der Waals surface area contributed by atoms with Crippen LogP contribution in [-0.2, 0) is 9.59 Å². The van der Waals surface area contributed by atoms with Crippen LogP contribution in [0.15, 0.2) is 34.3 Å². The van der Waals surface area contributed by atoms with Gasteiger partial charge in [0.1, 0.15) is 30.5 Å². The zero-order valence-corrected chi connectivity index (χ0v) is 14.1. The normalized spacial score (nSPS) is 22.0. The van der Waals surface area contributed by atoms with Gasteiger partial charge in [-0.05, 0) is 12.1 Å². The van der Waals surface area contributed by atoms with Gasteiger partial charge < -0.3 is 0 Å². The minimum atomic E-state index is -0.638. The lowest BCUT2D eigenvalue weighted by molar-refractivity contribution is -0.107. The molecule has 1 aromatic carbocycles. The van der Waals surface area contributed by atoms with Crippen molar-refractivity contribution in [1.82, 2.24) is 0 Å². The van der Waals surface area contributed by atoms with E-state index in [9.17, 15) is 9.59 Å². The molecule has 2 heterocycles. The number of carbonyl (C=O) groups is 2. The van der Waals surface area contributed by atoms with E-state index in [0.717, 1.165) is 36.3 Å². The molecule has 102 valence electrons. The Hall–Kier alpha value is -1.67. The first-order valence-electron chi connectivity index (χ1n) is 7.02. The predicted molar refractivity (Wildman–Crippen MR) is 86.0 cm³/mol. The molecule has 4 nitrogen and oxygen atoms in total. The summed E-state index contributed by atoms with van der Waals surface area (Å²) in [5.74, 6) is 0. The highest BCUT2D eigenvalue weighted by molar-refractivity contribution is 6.91. The van der Waals surface area contributed by atoms with Crippen LogP contribution in [0.4, 0.5) is 0 Å². The topological polar surface area (TPSA) is 58.9 Å². The first-order chi connectivity index (χ1) is 9.75. The van der Waals surface area contributed by atoms with Crippen molar-refractivity contribution < 1.29 is 9.59 Å². The summed E-state index contributed by atoms with van der Waals surface area (Å²) in [6.45, 7) is 1.57. The maximum absolute atomic E-state index is 11.9. The van der Waals surface area contributed by atoms with Crippen LogP contribution in [0.2, 0.25) is 12.1 Å². The first-order valence-corrected chi connectivity index (χ1v) is 10.4. The monoisotopic (exact) mass is 300 g/mol. The van der Waals surface area contributed by atoms with E-state index in [2.05, 4.69) is 9.98 Å². The number of nitrogens with zero attached hydrogens (tertiary/aromatic N) is 2. The Morgan fingerprint density at radius 3 is 1.50 bits per heavy atom. The molecule has 0 saturated heterocycles. The number of aliphatic imine (C=N–C) groups is 2. The molecule has 0 radical (unpaired) electrons. The van der Waals surface area contributed by atoms with Crippen LogP contribution in [0.25, 0.3) is 0 Å². The largest absolute Gasteiger partial charge is 0.299 e. The summed E-state index contributed by atoms with van der Waals surface area (Å²) in [4.78, 5) is 32.5. The minimum absolute atomic E-state index is 0.252. The summed E-state index contributed by atoms with van der Waals surface area (Å²) < 4.78 is 0. The molecule has 0 aromatic heterocycles. The fourth-order valence-corrected chi connectivity index (χ4v) is 4.94. The van der Waals surface area contributed by atoms with Crippen LogP contribution in [0.1, 0.15) is 11.1 Å². The fourth-order valence-electron chi connectivity index (χ4n) is 2.56. The molecule has 0 spiro atoms. The highest BCUT2D eigenvalue weighted by Gasteiger charge is 2.20. The molecule has 2 aliphatic heterocycles. The molecule has 3 rings (SSSR count). The Morgan fingerprint density at radius 2 is 1.15 bits per heavy atom. The maximum atomic E-state index is 11.9. The molecule has 0 amide bonds. The van der Waals surface area contributed by atoms with Gasteiger partial charge in [0.15, 0.2) is 10.8 Å². The van der Waals surface area contributed by atoms with Gasteiger partial charge in [0.2, 0.25) is 0 Å². The summed E-state index contributed by atoms with van der Waals surface area (Å²) in [6, 6.07) is 9.57. The second-order valence-electron chi connectivity index (χ2n) is 5.09. The van der Waals surface area contributed by atoms with Gasteiger partial charge in [0, 0.05) is 24.2 Å². The lowest BCUT2D eigenvalue weighted by atomic mass is 10.1. The zero-order valence-electron chi connectivity index (χ0n) is 11.3. The molecule has 0 saturated carbocycles. The summed E-state index contributed by atoms with van der Waals surface area (Å²) in [5.41, 5.74) is 3.04. The standard InChI is InChI=1S/C14H16N2O2Si2/c17-13-11(15-5-7-19-13)9-1-2-10(4-3-9)12-14(18)20-8-6-16-12/h1-4H,5-8,19-20H2. The summed E-state index contributed by atoms with van der Waals surface area (Å²) in [7, 11) is -1.28. The van der Waals surface area contributed by atoms with Gasteiger partial charge in [-0.15, -0.1) is 0 Å². The molecule has 0 unspecified atom stereocenters. The number of hydrogen-bond acceptors (Lipinski definition) is 4. The van der Waals surface area contributed by atoms with E-state index in [1.165, 1.54) is 0 Å². The highest BCUT2D eigenvalue weighted by atomic mass is 28.2. The Kier molecular flexibility index (Phi) is 3.84. The molecule has 1 aromatic rings. The molecule has 20 heavy (non-hydrogen) atoms. The minimum Gasteiger partial charge on any atom is -0.299 e. The van der Waals surface area contributed by atoms with Gasteiger partial charge in [-0.2, -0.15) is 0 Å². The molecular formula is C14H16N2O2Si2. The van der Waals surface area contributed by atoms with Gasteiger partial charge in [-0.3, -0.25) is 19.6 Å². The van der Waals surface area contributed by atoms with Crippen LogP contribution < -0.4 is 0 Å². The third-order valence-electron chi connectivity index (χ3n) is 3.62. The second kappa shape index (κ2) is 5.76. The van der Waals surface area contributed by atoms with Crippen molar-refractivity contribution in [2.24, 2.45) is 9.98 Å². The lowest BCUT2D eigenvalue weighted by Gasteiger charge is -2.13. The third-order valence-corrected chi connectivity index (χ3v) is 6.54. The third kappa shape index (κ3) is 2.61. The SMILES string of the molecule is O=C1[SiH2]CCN=C1c1ccc(C2=NCC[SiH2]C2=O)cc1. The van der Waals surface area contributed by atoms with E-state index < -0.39 is 19.0 Å². The van der Waals surface area contributed by atoms with Crippen LogP contribution in [0.3, 0.4) is 0 Å². The second-order valence-corrected chi connectivity index (χ2v) is 8.79. The molecule has 0 aliphatic carbocycles. The molecule has 0 N–H and O–H groups in total. The van der Waals surface area contributed by atoms with Crippen molar-refractivity contribution in [2.75, 3.05) is 13.1 Å². The Bertz CT molecular complexity index is 566. The van der Waals surface area contributed by atoms with E-state index in [0.29, 0.717) is 11.4 Å². The van der Waals surface area contributed by atoms with Crippen LogP contribution in [-0.4, -0.2) is 54.4 Å². The van der Waals surface area contributed by atoms with Crippen LogP contribution in [0, 0.1) is 0 Å². The van der Waals surface area contributed by atoms with Crippen molar-refractivity contribution in [3.8, 4) is 0 Å². The summed E-state index contributed by atoms with van der Waals surface area (Å²) in [5, 5.41) is 0.505. The van der Waals surface area contributed by atoms with Gasteiger partial charge >= 0.3 is 0 Å². The average molecular weight is 300 g/mol. The van der Waals surface area contributed by atoms with Gasteiger partial charge in [-0.1, -0.05) is 24.3 Å². The smallest absolute Gasteiger partial charge is 0.151 e. The van der Waals surface area contributed by atoms with Crippen LogP contribution in [0.5, 0.6) is 0 Å². The van der Waals surface area contributed by atoms with E-state index >= 15 is 0 Å². The lowest BCUT2D eigenvalue weighted by Crippen LogP contribution is -2.28. The van der Waals surface area contributed by atoms with E-state index in [1.54, 1.807) is 0 Å². The summed E-state index contributed by atoms with van der Waals surface area (Å²) in [6.07, 6.45) is 0. The number of carbonyl (C=O) groups excluding carboxylic acids is 2. The average Bonchev–Trinajstić information content (AvgIpc) is 2.49. The predicted octanol–water partition coefficient (Wildman–Crippen LogP) is -0.481. The molecular weight excluding hydrogens is 284 g/mol. The Morgan fingerprint density at radius 1 is 0.750 bits per heavy atom. The summed E-state index contributed by atoms with van der Waals surface area (Å²) >= 11 is 0. The van der Waals surface area contributed by atoms with Gasteiger partial charge in [-0.25, -0.2) is 0 Å². The number of rotatable bonds is 2. The van der Waals surface area contributed by atoms with Gasteiger partial charge in [0.05, 0.1) is 0 Å². The van der Waals surface area contributed by atoms with Crippen molar-refractivity contribution >= 4 is 41.3 Å². The number of hydrogen-bond donors (Lipinski definition) is 0. The number of benzene rings is 1. The molecule has 0 bridgehead atoms. The van der Waals surface area contributed by atoms with E-state index in [1.807, 2.05) is 24.3 Å². The van der Waals surface area contributed by atoms with Gasteiger partial charge in [0.25, 0.3) is 0 Å². The fraction of sp³-hybridized carbons (Fsp3) is 0.286.